The normalized spacial score (nSPS) is 15.3. The van der Waals surface area contributed by atoms with Crippen LogP contribution in [0.2, 0.25) is 0 Å². The standard InChI is InChI=1S/C12H12BrNO2/c13-10-6-5-8(7-11(10)15)12(16)14-9-3-1-2-4-9/h1-2,5-7,9,15H,3-4H2,(H,14,16). The van der Waals surface area contributed by atoms with Gasteiger partial charge in [0.05, 0.1) is 4.47 Å². The number of phenols is 1. The molecule has 2 N–H and O–H groups in total. The van der Waals surface area contributed by atoms with Crippen molar-refractivity contribution in [1.82, 2.24) is 5.32 Å². The van der Waals surface area contributed by atoms with Crippen molar-refractivity contribution in [2.75, 3.05) is 0 Å². The molecule has 84 valence electrons. The molecule has 0 atom stereocenters. The van der Waals surface area contributed by atoms with Gasteiger partial charge in [0.15, 0.2) is 0 Å². The van der Waals surface area contributed by atoms with Gasteiger partial charge in [0.25, 0.3) is 5.91 Å². The lowest BCUT2D eigenvalue weighted by atomic mass is 10.1. The topological polar surface area (TPSA) is 49.3 Å². The van der Waals surface area contributed by atoms with Crippen molar-refractivity contribution in [3.05, 3.63) is 40.4 Å². The number of hydrogen-bond acceptors (Lipinski definition) is 2. The second-order valence-corrected chi connectivity index (χ2v) is 4.63. The van der Waals surface area contributed by atoms with Gasteiger partial charge in [-0.15, -0.1) is 0 Å². The van der Waals surface area contributed by atoms with Gasteiger partial charge in [-0.25, -0.2) is 0 Å². The van der Waals surface area contributed by atoms with Crippen molar-refractivity contribution in [3.63, 3.8) is 0 Å². The smallest absolute Gasteiger partial charge is 0.251 e. The van der Waals surface area contributed by atoms with Crippen LogP contribution in [0.15, 0.2) is 34.8 Å². The summed E-state index contributed by atoms with van der Waals surface area (Å²) in [5, 5.41) is 12.4. The Morgan fingerprint density at radius 1 is 1.38 bits per heavy atom. The lowest BCUT2D eigenvalue weighted by Crippen LogP contribution is -2.32. The first-order chi connectivity index (χ1) is 7.66. The molecule has 0 bridgehead atoms. The highest BCUT2D eigenvalue weighted by molar-refractivity contribution is 9.10. The summed E-state index contributed by atoms with van der Waals surface area (Å²) in [5.74, 6) is -0.0614. The van der Waals surface area contributed by atoms with Crippen molar-refractivity contribution >= 4 is 21.8 Å². The maximum atomic E-state index is 11.8. The summed E-state index contributed by atoms with van der Waals surface area (Å²) in [7, 11) is 0. The summed E-state index contributed by atoms with van der Waals surface area (Å²) in [4.78, 5) is 11.8. The third-order valence-corrected chi connectivity index (χ3v) is 3.22. The molecule has 1 aliphatic rings. The Kier molecular flexibility index (Phi) is 3.29. The Bertz CT molecular complexity index is 435. The average Bonchev–Trinajstić information content (AvgIpc) is 2.74. The quantitative estimate of drug-likeness (QED) is 0.819. The van der Waals surface area contributed by atoms with Gasteiger partial charge < -0.3 is 10.4 Å². The molecule has 0 saturated heterocycles. The lowest BCUT2D eigenvalue weighted by molar-refractivity contribution is 0.0938. The van der Waals surface area contributed by atoms with Gasteiger partial charge in [0.2, 0.25) is 0 Å². The van der Waals surface area contributed by atoms with E-state index in [1.54, 1.807) is 12.1 Å². The Balaban J connectivity index is 2.05. The predicted molar refractivity (Wildman–Crippen MR) is 65.4 cm³/mol. The number of benzene rings is 1. The van der Waals surface area contributed by atoms with Gasteiger partial charge in [-0.3, -0.25) is 4.79 Å². The molecular weight excluding hydrogens is 270 g/mol. The molecule has 1 aromatic carbocycles. The molecular formula is C12H12BrNO2. The first-order valence-corrected chi connectivity index (χ1v) is 5.90. The van der Waals surface area contributed by atoms with Crippen molar-refractivity contribution in [3.8, 4) is 5.75 Å². The monoisotopic (exact) mass is 281 g/mol. The van der Waals surface area contributed by atoms with E-state index >= 15 is 0 Å². The fraction of sp³-hybridized carbons (Fsp3) is 0.250. The van der Waals surface area contributed by atoms with Gasteiger partial charge >= 0.3 is 0 Å². The van der Waals surface area contributed by atoms with Crippen LogP contribution in [0.4, 0.5) is 0 Å². The molecule has 3 nitrogen and oxygen atoms in total. The van der Waals surface area contributed by atoms with Gasteiger partial charge in [-0.05, 0) is 47.0 Å². The molecule has 0 unspecified atom stereocenters. The summed E-state index contributed by atoms with van der Waals surface area (Å²) in [6.07, 6.45) is 5.89. The van der Waals surface area contributed by atoms with E-state index in [2.05, 4.69) is 33.4 Å². The Labute approximate surface area is 102 Å². The van der Waals surface area contributed by atoms with Gasteiger partial charge in [-0.2, -0.15) is 0 Å². The van der Waals surface area contributed by atoms with Crippen LogP contribution in [-0.2, 0) is 0 Å². The second-order valence-electron chi connectivity index (χ2n) is 3.78. The minimum atomic E-state index is -0.142. The van der Waals surface area contributed by atoms with E-state index in [4.69, 9.17) is 0 Å². The molecule has 0 saturated carbocycles. The third kappa shape index (κ3) is 2.44. The number of nitrogens with one attached hydrogen (secondary N) is 1. The summed E-state index contributed by atoms with van der Waals surface area (Å²) < 4.78 is 0.589. The number of halogens is 1. The van der Waals surface area contributed by atoms with Crippen LogP contribution < -0.4 is 5.32 Å². The van der Waals surface area contributed by atoms with E-state index < -0.39 is 0 Å². The molecule has 2 rings (SSSR count). The predicted octanol–water partition coefficient (Wildman–Crippen LogP) is 2.60. The zero-order valence-electron chi connectivity index (χ0n) is 8.61. The minimum absolute atomic E-state index is 0.0807. The first-order valence-electron chi connectivity index (χ1n) is 5.11. The maximum Gasteiger partial charge on any atom is 0.251 e. The molecule has 0 heterocycles. The number of carbonyl (C=O) groups excluding carboxylic acids is 1. The number of amides is 1. The van der Waals surface area contributed by atoms with Crippen molar-refractivity contribution in [1.29, 1.82) is 0 Å². The van der Waals surface area contributed by atoms with E-state index in [0.717, 1.165) is 12.8 Å². The molecule has 1 aliphatic carbocycles. The number of carbonyl (C=O) groups is 1. The lowest BCUT2D eigenvalue weighted by Gasteiger charge is -2.12. The van der Waals surface area contributed by atoms with E-state index in [9.17, 15) is 9.90 Å². The fourth-order valence-corrected chi connectivity index (χ4v) is 1.90. The summed E-state index contributed by atoms with van der Waals surface area (Å²) >= 11 is 3.17. The van der Waals surface area contributed by atoms with E-state index in [0.29, 0.717) is 10.0 Å². The molecule has 0 fully saturated rings. The van der Waals surface area contributed by atoms with Crippen LogP contribution in [-0.4, -0.2) is 17.1 Å². The van der Waals surface area contributed by atoms with Crippen LogP contribution in [0.5, 0.6) is 5.75 Å². The van der Waals surface area contributed by atoms with Crippen LogP contribution >= 0.6 is 15.9 Å². The third-order valence-electron chi connectivity index (χ3n) is 2.55. The Hall–Kier alpha value is -1.29. The first kappa shape index (κ1) is 11.2. The Morgan fingerprint density at radius 2 is 2.06 bits per heavy atom. The highest BCUT2D eigenvalue weighted by atomic mass is 79.9. The van der Waals surface area contributed by atoms with Crippen molar-refractivity contribution < 1.29 is 9.90 Å². The molecule has 16 heavy (non-hydrogen) atoms. The van der Waals surface area contributed by atoms with Crippen molar-refractivity contribution in [2.45, 2.75) is 18.9 Å². The molecule has 0 radical (unpaired) electrons. The SMILES string of the molecule is O=C(NC1CC=CC1)c1ccc(Br)c(O)c1. The van der Waals surface area contributed by atoms with Crippen LogP contribution in [0.25, 0.3) is 0 Å². The van der Waals surface area contributed by atoms with E-state index in [1.807, 2.05) is 0 Å². The molecule has 1 amide bonds. The number of hydrogen-bond donors (Lipinski definition) is 2. The van der Waals surface area contributed by atoms with Crippen LogP contribution in [0.3, 0.4) is 0 Å². The number of aromatic hydroxyl groups is 1. The average molecular weight is 282 g/mol. The highest BCUT2D eigenvalue weighted by Gasteiger charge is 2.15. The van der Waals surface area contributed by atoms with Crippen LogP contribution in [0, 0.1) is 0 Å². The highest BCUT2D eigenvalue weighted by Crippen LogP contribution is 2.24. The zero-order valence-corrected chi connectivity index (χ0v) is 10.2. The molecule has 0 aromatic heterocycles. The second kappa shape index (κ2) is 4.70. The molecule has 0 aliphatic heterocycles. The summed E-state index contributed by atoms with van der Waals surface area (Å²) in [6, 6.07) is 5.00. The maximum absolute atomic E-state index is 11.8. The van der Waals surface area contributed by atoms with E-state index in [-0.39, 0.29) is 17.7 Å². The van der Waals surface area contributed by atoms with Gasteiger partial charge in [0, 0.05) is 11.6 Å². The minimum Gasteiger partial charge on any atom is -0.507 e. The largest absolute Gasteiger partial charge is 0.507 e. The number of phenolic OH excluding ortho intramolecular Hbond substituents is 1. The fourth-order valence-electron chi connectivity index (χ4n) is 1.66. The zero-order chi connectivity index (χ0) is 11.5. The van der Waals surface area contributed by atoms with Crippen molar-refractivity contribution in [2.24, 2.45) is 0 Å². The van der Waals surface area contributed by atoms with E-state index in [1.165, 1.54) is 6.07 Å². The molecule has 1 aromatic rings. The summed E-state index contributed by atoms with van der Waals surface area (Å²) in [5.41, 5.74) is 0.479. The van der Waals surface area contributed by atoms with Gasteiger partial charge in [-0.1, -0.05) is 12.2 Å². The number of rotatable bonds is 2. The summed E-state index contributed by atoms with van der Waals surface area (Å²) in [6.45, 7) is 0. The molecule has 0 spiro atoms. The molecule has 4 heteroatoms. The Morgan fingerprint density at radius 3 is 2.69 bits per heavy atom. The van der Waals surface area contributed by atoms with Gasteiger partial charge in [0.1, 0.15) is 5.75 Å². The van der Waals surface area contributed by atoms with Crippen LogP contribution in [0.1, 0.15) is 23.2 Å².